The molecule has 1 rings (SSSR count). The van der Waals surface area contributed by atoms with Crippen molar-refractivity contribution < 1.29 is 19.1 Å². The molecular formula is C15H20N2O4. The predicted molar refractivity (Wildman–Crippen MR) is 79.1 cm³/mol. The first-order valence-electron chi connectivity index (χ1n) is 6.62. The lowest BCUT2D eigenvalue weighted by molar-refractivity contribution is -0.129. The molecule has 0 aliphatic carbocycles. The molecule has 1 aromatic carbocycles. The molecule has 2 amide bonds. The van der Waals surface area contributed by atoms with E-state index in [1.807, 2.05) is 0 Å². The lowest BCUT2D eigenvalue weighted by Gasteiger charge is -2.22. The van der Waals surface area contributed by atoms with Crippen LogP contribution in [0.15, 0.2) is 24.3 Å². The first kappa shape index (κ1) is 16.7. The summed E-state index contributed by atoms with van der Waals surface area (Å²) in [7, 11) is 3.26. The number of nitrogens with zero attached hydrogens (tertiary/aromatic N) is 2. The highest BCUT2D eigenvalue weighted by Gasteiger charge is 2.17. The molecule has 0 N–H and O–H groups in total. The summed E-state index contributed by atoms with van der Waals surface area (Å²) in [5.74, 6) is -0.837. The van der Waals surface area contributed by atoms with Crippen molar-refractivity contribution in [2.45, 2.75) is 13.8 Å². The first-order valence-corrected chi connectivity index (χ1v) is 6.62. The molecule has 6 nitrogen and oxygen atoms in total. The van der Waals surface area contributed by atoms with Crippen LogP contribution in [0.1, 0.15) is 24.2 Å². The predicted octanol–water partition coefficient (Wildman–Crippen LogP) is 1.30. The van der Waals surface area contributed by atoms with Gasteiger partial charge in [0.2, 0.25) is 11.8 Å². The molecule has 0 aliphatic rings. The van der Waals surface area contributed by atoms with Crippen molar-refractivity contribution in [1.29, 1.82) is 0 Å². The number of hydrogen-bond acceptors (Lipinski definition) is 4. The van der Waals surface area contributed by atoms with E-state index in [1.54, 1.807) is 45.3 Å². The molecule has 0 aromatic heterocycles. The molecule has 0 spiro atoms. The molecule has 21 heavy (non-hydrogen) atoms. The Bertz CT molecular complexity index is 523. The fraction of sp³-hybridized carbons (Fsp3) is 0.400. The number of carbonyl (C=O) groups is 3. The lowest BCUT2D eigenvalue weighted by Crippen LogP contribution is -2.39. The van der Waals surface area contributed by atoms with Gasteiger partial charge in [-0.05, 0) is 31.2 Å². The molecule has 0 unspecified atom stereocenters. The third-order valence-corrected chi connectivity index (χ3v) is 2.86. The van der Waals surface area contributed by atoms with Crippen LogP contribution in [0, 0.1) is 0 Å². The molecular weight excluding hydrogens is 272 g/mol. The summed E-state index contributed by atoms with van der Waals surface area (Å²) in [6.45, 7) is 3.39. The second-order valence-corrected chi connectivity index (χ2v) is 4.66. The zero-order valence-electron chi connectivity index (χ0n) is 12.8. The van der Waals surface area contributed by atoms with Gasteiger partial charge in [-0.3, -0.25) is 9.59 Å². The van der Waals surface area contributed by atoms with E-state index >= 15 is 0 Å². The van der Waals surface area contributed by atoms with Gasteiger partial charge in [-0.1, -0.05) is 0 Å². The van der Waals surface area contributed by atoms with Crippen molar-refractivity contribution in [3.05, 3.63) is 29.8 Å². The van der Waals surface area contributed by atoms with E-state index in [4.69, 9.17) is 4.74 Å². The van der Waals surface area contributed by atoms with E-state index in [-0.39, 0.29) is 18.4 Å². The average molecular weight is 292 g/mol. The fourth-order valence-corrected chi connectivity index (χ4v) is 1.65. The fourth-order valence-electron chi connectivity index (χ4n) is 1.65. The van der Waals surface area contributed by atoms with Gasteiger partial charge in [0.25, 0.3) is 0 Å². The Morgan fingerprint density at radius 1 is 1.10 bits per heavy atom. The monoisotopic (exact) mass is 292 g/mol. The maximum Gasteiger partial charge on any atom is 0.338 e. The Kier molecular flexibility index (Phi) is 5.90. The smallest absolute Gasteiger partial charge is 0.338 e. The highest BCUT2D eigenvalue weighted by molar-refractivity contribution is 5.98. The summed E-state index contributed by atoms with van der Waals surface area (Å²) in [6.07, 6.45) is 0. The number of benzene rings is 1. The molecule has 0 aliphatic heterocycles. The Morgan fingerprint density at radius 3 is 2.10 bits per heavy atom. The summed E-state index contributed by atoms with van der Waals surface area (Å²) in [5, 5.41) is 0. The van der Waals surface area contributed by atoms with Crippen molar-refractivity contribution in [3.8, 4) is 0 Å². The van der Waals surface area contributed by atoms with Crippen LogP contribution in [-0.4, -0.2) is 49.9 Å². The third-order valence-electron chi connectivity index (χ3n) is 2.86. The zero-order chi connectivity index (χ0) is 16.0. The van der Waals surface area contributed by atoms with Crippen LogP contribution in [0.25, 0.3) is 0 Å². The molecule has 0 heterocycles. The molecule has 114 valence electrons. The normalized spacial score (nSPS) is 9.90. The van der Waals surface area contributed by atoms with Gasteiger partial charge in [0.1, 0.15) is 6.54 Å². The largest absolute Gasteiger partial charge is 0.462 e. The zero-order valence-corrected chi connectivity index (χ0v) is 12.8. The van der Waals surface area contributed by atoms with Gasteiger partial charge in [-0.2, -0.15) is 0 Å². The van der Waals surface area contributed by atoms with Crippen LogP contribution in [-0.2, 0) is 14.3 Å². The van der Waals surface area contributed by atoms with Crippen molar-refractivity contribution in [1.82, 2.24) is 4.90 Å². The Hall–Kier alpha value is -2.37. The number of rotatable bonds is 5. The maximum absolute atomic E-state index is 11.7. The number of hydrogen-bond donors (Lipinski definition) is 0. The maximum atomic E-state index is 11.7. The molecule has 1 aromatic rings. The van der Waals surface area contributed by atoms with Gasteiger partial charge >= 0.3 is 5.97 Å². The van der Waals surface area contributed by atoms with Crippen LogP contribution in [0.5, 0.6) is 0 Å². The molecule has 0 radical (unpaired) electrons. The molecule has 0 bridgehead atoms. The summed E-state index contributed by atoms with van der Waals surface area (Å²) in [6, 6.07) is 6.39. The van der Waals surface area contributed by atoms with Crippen LogP contribution in [0.2, 0.25) is 0 Å². The van der Waals surface area contributed by atoms with E-state index in [9.17, 15) is 14.4 Å². The number of carbonyl (C=O) groups excluding carboxylic acids is 3. The van der Waals surface area contributed by atoms with Gasteiger partial charge in [-0.15, -0.1) is 0 Å². The van der Waals surface area contributed by atoms with E-state index in [0.29, 0.717) is 17.9 Å². The SMILES string of the molecule is CCOC(=O)c1ccc(N(CC(=O)N(C)C)C(C)=O)cc1. The Morgan fingerprint density at radius 2 is 1.67 bits per heavy atom. The van der Waals surface area contributed by atoms with Gasteiger partial charge in [0.15, 0.2) is 0 Å². The number of ether oxygens (including phenoxy) is 1. The molecule has 6 heteroatoms. The Labute approximate surface area is 124 Å². The number of anilines is 1. The van der Waals surface area contributed by atoms with E-state index < -0.39 is 5.97 Å². The third kappa shape index (κ3) is 4.59. The summed E-state index contributed by atoms with van der Waals surface area (Å²) < 4.78 is 4.89. The van der Waals surface area contributed by atoms with Crippen molar-refractivity contribution >= 4 is 23.5 Å². The molecule has 0 atom stereocenters. The molecule has 0 saturated heterocycles. The minimum atomic E-state index is -0.414. The second kappa shape index (κ2) is 7.42. The quantitative estimate of drug-likeness (QED) is 0.767. The lowest BCUT2D eigenvalue weighted by atomic mass is 10.2. The first-order chi connectivity index (χ1) is 9.86. The second-order valence-electron chi connectivity index (χ2n) is 4.66. The van der Waals surface area contributed by atoms with E-state index in [1.165, 1.54) is 16.7 Å². The van der Waals surface area contributed by atoms with E-state index in [2.05, 4.69) is 0 Å². The summed E-state index contributed by atoms with van der Waals surface area (Å²) in [4.78, 5) is 37.8. The topological polar surface area (TPSA) is 66.9 Å². The van der Waals surface area contributed by atoms with Crippen LogP contribution >= 0.6 is 0 Å². The summed E-state index contributed by atoms with van der Waals surface area (Å²) >= 11 is 0. The highest BCUT2D eigenvalue weighted by atomic mass is 16.5. The van der Waals surface area contributed by atoms with Gasteiger partial charge < -0.3 is 14.5 Å². The number of amides is 2. The molecule has 0 fully saturated rings. The van der Waals surface area contributed by atoms with Crippen molar-refractivity contribution in [2.24, 2.45) is 0 Å². The molecule has 0 saturated carbocycles. The van der Waals surface area contributed by atoms with Crippen molar-refractivity contribution in [3.63, 3.8) is 0 Å². The average Bonchev–Trinajstić information content (AvgIpc) is 2.44. The minimum Gasteiger partial charge on any atom is -0.462 e. The number of likely N-dealkylation sites (N-methyl/N-ethyl adjacent to an activating group) is 1. The Balaban J connectivity index is 2.92. The minimum absolute atomic E-state index is 0.0406. The number of esters is 1. The van der Waals surface area contributed by atoms with Gasteiger partial charge in [0.05, 0.1) is 12.2 Å². The van der Waals surface area contributed by atoms with E-state index in [0.717, 1.165) is 0 Å². The van der Waals surface area contributed by atoms with Gasteiger partial charge in [-0.25, -0.2) is 4.79 Å². The highest BCUT2D eigenvalue weighted by Crippen LogP contribution is 2.16. The van der Waals surface area contributed by atoms with Crippen LogP contribution in [0.4, 0.5) is 5.69 Å². The van der Waals surface area contributed by atoms with Crippen LogP contribution in [0.3, 0.4) is 0 Å². The van der Waals surface area contributed by atoms with Crippen LogP contribution < -0.4 is 4.90 Å². The van der Waals surface area contributed by atoms with Gasteiger partial charge in [0, 0.05) is 26.7 Å². The van der Waals surface area contributed by atoms with Crippen molar-refractivity contribution in [2.75, 3.05) is 32.1 Å². The summed E-state index contributed by atoms with van der Waals surface area (Å²) in [5.41, 5.74) is 0.966. The standard InChI is InChI=1S/C15H20N2O4/c1-5-21-15(20)12-6-8-13(9-7-12)17(11(2)18)10-14(19)16(3)4/h6-9H,5,10H2,1-4H3.